The fraction of sp³-hybridized carbons (Fsp3) is 0.316. The number of sulfonamides is 1. The standard InChI is InChI=1S/C19H19ClF2N2O3S/c20-17-12-15(5-6-18(17)22)23-19(25)13-9-14(21)11-16(10-13)28(26,27)24-7-3-1-2-4-8-24/h5-6,9-12H,1-4,7-8H2,(H,23,25). The highest BCUT2D eigenvalue weighted by Crippen LogP contribution is 2.24. The Kier molecular flexibility index (Phi) is 6.32. The van der Waals surface area contributed by atoms with Crippen molar-refractivity contribution in [3.05, 3.63) is 58.6 Å². The van der Waals surface area contributed by atoms with E-state index in [1.807, 2.05) is 0 Å². The lowest BCUT2D eigenvalue weighted by molar-refractivity contribution is 0.102. The molecule has 0 atom stereocenters. The summed E-state index contributed by atoms with van der Waals surface area (Å²) in [6.07, 6.45) is 3.38. The molecule has 0 bridgehead atoms. The van der Waals surface area contributed by atoms with E-state index in [9.17, 15) is 22.0 Å². The molecule has 1 N–H and O–H groups in total. The summed E-state index contributed by atoms with van der Waals surface area (Å²) in [5.41, 5.74) is 0.0476. The van der Waals surface area contributed by atoms with Gasteiger partial charge in [-0.3, -0.25) is 4.79 Å². The van der Waals surface area contributed by atoms with Gasteiger partial charge in [0.25, 0.3) is 5.91 Å². The molecular formula is C19H19ClF2N2O3S. The molecule has 0 saturated carbocycles. The zero-order valence-corrected chi connectivity index (χ0v) is 16.5. The predicted molar refractivity (Wildman–Crippen MR) is 103 cm³/mol. The second-order valence-electron chi connectivity index (χ2n) is 6.58. The minimum absolute atomic E-state index is 0.158. The number of anilines is 1. The van der Waals surface area contributed by atoms with Crippen LogP contribution < -0.4 is 5.32 Å². The lowest BCUT2D eigenvalue weighted by Crippen LogP contribution is -2.32. The van der Waals surface area contributed by atoms with Crippen molar-refractivity contribution >= 4 is 33.2 Å². The van der Waals surface area contributed by atoms with Gasteiger partial charge in [0.2, 0.25) is 10.0 Å². The lowest BCUT2D eigenvalue weighted by Gasteiger charge is -2.20. The van der Waals surface area contributed by atoms with Gasteiger partial charge in [-0.25, -0.2) is 17.2 Å². The number of hydrogen-bond acceptors (Lipinski definition) is 3. The third-order valence-corrected chi connectivity index (χ3v) is 6.68. The summed E-state index contributed by atoms with van der Waals surface area (Å²) in [6.45, 7) is 0.739. The van der Waals surface area contributed by atoms with Crippen LogP contribution in [0.1, 0.15) is 36.0 Å². The van der Waals surface area contributed by atoms with Crippen molar-refractivity contribution < 1.29 is 22.0 Å². The van der Waals surface area contributed by atoms with Crippen LogP contribution in [0.3, 0.4) is 0 Å². The average Bonchev–Trinajstić information content (AvgIpc) is 2.94. The van der Waals surface area contributed by atoms with E-state index in [1.54, 1.807) is 0 Å². The van der Waals surface area contributed by atoms with Crippen molar-refractivity contribution in [3.63, 3.8) is 0 Å². The third-order valence-electron chi connectivity index (χ3n) is 4.51. The Morgan fingerprint density at radius 1 is 1.00 bits per heavy atom. The van der Waals surface area contributed by atoms with Gasteiger partial charge >= 0.3 is 0 Å². The van der Waals surface area contributed by atoms with E-state index < -0.39 is 27.6 Å². The van der Waals surface area contributed by atoms with E-state index >= 15 is 0 Å². The topological polar surface area (TPSA) is 66.5 Å². The molecule has 0 spiro atoms. The van der Waals surface area contributed by atoms with Crippen LogP contribution in [0.5, 0.6) is 0 Å². The molecule has 1 aliphatic heterocycles. The first-order valence-electron chi connectivity index (χ1n) is 8.84. The minimum atomic E-state index is -3.91. The second kappa shape index (κ2) is 8.55. The normalized spacial score (nSPS) is 15.8. The molecule has 1 amide bonds. The van der Waals surface area contributed by atoms with Gasteiger partial charge < -0.3 is 5.32 Å². The highest BCUT2D eigenvalue weighted by Gasteiger charge is 2.26. The number of rotatable bonds is 4. The summed E-state index contributed by atoms with van der Waals surface area (Å²) in [5.74, 6) is -2.20. The van der Waals surface area contributed by atoms with Crippen LogP contribution in [0.2, 0.25) is 5.02 Å². The minimum Gasteiger partial charge on any atom is -0.322 e. The zero-order valence-electron chi connectivity index (χ0n) is 14.9. The first-order chi connectivity index (χ1) is 13.3. The number of halogens is 3. The van der Waals surface area contributed by atoms with Crippen LogP contribution in [0, 0.1) is 11.6 Å². The molecule has 2 aromatic rings. The molecule has 0 aromatic heterocycles. The maximum absolute atomic E-state index is 14.1. The van der Waals surface area contributed by atoms with E-state index in [1.165, 1.54) is 16.4 Å². The van der Waals surface area contributed by atoms with Gasteiger partial charge in [0.05, 0.1) is 9.92 Å². The first-order valence-corrected chi connectivity index (χ1v) is 10.7. The fourth-order valence-corrected chi connectivity index (χ4v) is 4.81. The molecule has 5 nitrogen and oxygen atoms in total. The molecule has 3 rings (SSSR count). The zero-order chi connectivity index (χ0) is 20.3. The molecule has 28 heavy (non-hydrogen) atoms. The van der Waals surface area contributed by atoms with E-state index in [0.29, 0.717) is 13.1 Å². The van der Waals surface area contributed by atoms with Crippen LogP contribution in [0.25, 0.3) is 0 Å². The van der Waals surface area contributed by atoms with Gasteiger partial charge in [0, 0.05) is 24.3 Å². The average molecular weight is 429 g/mol. The first kappa shape index (κ1) is 20.7. The van der Waals surface area contributed by atoms with Crippen LogP contribution in [0.4, 0.5) is 14.5 Å². The number of hydrogen-bond donors (Lipinski definition) is 1. The number of nitrogens with one attached hydrogen (secondary N) is 1. The number of carbonyl (C=O) groups is 1. The van der Waals surface area contributed by atoms with Gasteiger partial charge in [0.1, 0.15) is 11.6 Å². The van der Waals surface area contributed by atoms with Gasteiger partial charge in [-0.2, -0.15) is 4.31 Å². The molecule has 150 valence electrons. The molecule has 1 fully saturated rings. The van der Waals surface area contributed by atoms with Gasteiger partial charge in [-0.05, 0) is 49.2 Å². The molecular weight excluding hydrogens is 410 g/mol. The van der Waals surface area contributed by atoms with Crippen molar-refractivity contribution in [1.29, 1.82) is 0 Å². The van der Waals surface area contributed by atoms with Crippen molar-refractivity contribution in [2.75, 3.05) is 18.4 Å². The van der Waals surface area contributed by atoms with Crippen molar-refractivity contribution in [2.45, 2.75) is 30.6 Å². The Balaban J connectivity index is 1.87. The summed E-state index contributed by atoms with van der Waals surface area (Å²) < 4.78 is 54.4. The highest BCUT2D eigenvalue weighted by atomic mass is 35.5. The Bertz CT molecular complexity index is 991. The maximum Gasteiger partial charge on any atom is 0.255 e. The molecule has 1 saturated heterocycles. The third kappa shape index (κ3) is 4.68. The highest BCUT2D eigenvalue weighted by molar-refractivity contribution is 7.89. The summed E-state index contributed by atoms with van der Waals surface area (Å²) in [6, 6.07) is 6.59. The lowest BCUT2D eigenvalue weighted by atomic mass is 10.2. The number of carbonyl (C=O) groups excluding carboxylic acids is 1. The summed E-state index contributed by atoms with van der Waals surface area (Å²) in [7, 11) is -3.91. The summed E-state index contributed by atoms with van der Waals surface area (Å²) >= 11 is 5.68. The summed E-state index contributed by atoms with van der Waals surface area (Å²) in [4.78, 5) is 12.2. The second-order valence-corrected chi connectivity index (χ2v) is 8.92. The Morgan fingerprint density at radius 3 is 2.32 bits per heavy atom. The van der Waals surface area contributed by atoms with E-state index in [-0.39, 0.29) is 21.2 Å². The molecule has 0 aliphatic carbocycles. The maximum atomic E-state index is 14.1. The Morgan fingerprint density at radius 2 is 1.68 bits per heavy atom. The van der Waals surface area contributed by atoms with Crippen molar-refractivity contribution in [1.82, 2.24) is 4.31 Å². The smallest absolute Gasteiger partial charge is 0.255 e. The monoisotopic (exact) mass is 428 g/mol. The fourth-order valence-electron chi connectivity index (χ4n) is 3.05. The predicted octanol–water partition coefficient (Wildman–Crippen LogP) is 4.44. The SMILES string of the molecule is O=C(Nc1ccc(F)c(Cl)c1)c1cc(F)cc(S(=O)(=O)N2CCCCCC2)c1. The molecule has 1 heterocycles. The molecule has 0 unspecified atom stereocenters. The number of nitrogens with zero attached hydrogens (tertiary/aromatic N) is 1. The Labute approximate surface area is 167 Å². The van der Waals surface area contributed by atoms with E-state index in [2.05, 4.69) is 5.32 Å². The van der Waals surface area contributed by atoms with Crippen molar-refractivity contribution in [2.24, 2.45) is 0 Å². The summed E-state index contributed by atoms with van der Waals surface area (Å²) in [5, 5.41) is 2.28. The molecule has 9 heteroatoms. The molecule has 2 aromatic carbocycles. The van der Waals surface area contributed by atoms with E-state index in [0.717, 1.165) is 49.9 Å². The quantitative estimate of drug-likeness (QED) is 0.783. The molecule has 1 aliphatic rings. The van der Waals surface area contributed by atoms with Gasteiger partial charge in [-0.15, -0.1) is 0 Å². The van der Waals surface area contributed by atoms with Crippen LogP contribution in [0.15, 0.2) is 41.3 Å². The molecule has 0 radical (unpaired) electrons. The Hall–Kier alpha value is -2.03. The van der Waals surface area contributed by atoms with E-state index in [4.69, 9.17) is 11.6 Å². The number of amides is 1. The van der Waals surface area contributed by atoms with Gasteiger partial charge in [0.15, 0.2) is 0 Å². The van der Waals surface area contributed by atoms with Crippen LogP contribution >= 0.6 is 11.6 Å². The van der Waals surface area contributed by atoms with Crippen LogP contribution in [-0.4, -0.2) is 31.7 Å². The van der Waals surface area contributed by atoms with Crippen LogP contribution in [-0.2, 0) is 10.0 Å². The number of benzene rings is 2. The largest absolute Gasteiger partial charge is 0.322 e. The van der Waals surface area contributed by atoms with Crippen molar-refractivity contribution in [3.8, 4) is 0 Å². The van der Waals surface area contributed by atoms with Gasteiger partial charge in [-0.1, -0.05) is 24.4 Å².